The van der Waals surface area contributed by atoms with Gasteiger partial charge in [0.25, 0.3) is 0 Å². The second kappa shape index (κ2) is 11.5. The van der Waals surface area contributed by atoms with Crippen LogP contribution in [-0.2, 0) is 0 Å². The number of halogens is 2. The molecule has 4 aromatic rings. The first-order valence-electron chi connectivity index (χ1n) is 8.66. The summed E-state index contributed by atoms with van der Waals surface area (Å²) >= 11 is 10.5. The minimum atomic E-state index is 1.12. The zero-order valence-electron chi connectivity index (χ0n) is 15.0. The molecule has 0 nitrogen and oxygen atoms in total. The van der Waals surface area contributed by atoms with E-state index in [4.69, 9.17) is 0 Å². The van der Waals surface area contributed by atoms with Crippen LogP contribution in [0.2, 0.25) is 0 Å². The highest BCUT2D eigenvalue weighted by Gasteiger charge is 1.97. The maximum Gasteiger partial charge on any atom is 0.0186 e. The Morgan fingerprint density at radius 3 is 1.11 bits per heavy atom. The molecule has 0 radical (unpaired) electrons. The Kier molecular flexibility index (Phi) is 8.74. The van der Waals surface area contributed by atoms with Crippen molar-refractivity contribution in [2.75, 3.05) is 0 Å². The Hall–Kier alpha value is -1.46. The normalized spacial score (nSPS) is 10.1. The highest BCUT2D eigenvalue weighted by molar-refractivity contribution is 9.10. The van der Waals surface area contributed by atoms with Gasteiger partial charge in [0, 0.05) is 28.5 Å². The fourth-order valence-corrected chi connectivity index (χ4v) is 5.21. The van der Waals surface area contributed by atoms with E-state index in [0.29, 0.717) is 0 Å². The molecule has 0 aliphatic rings. The van der Waals surface area contributed by atoms with Gasteiger partial charge in [0.2, 0.25) is 0 Å². The van der Waals surface area contributed by atoms with Gasteiger partial charge in [0.1, 0.15) is 0 Å². The summed E-state index contributed by atoms with van der Waals surface area (Å²) in [6.45, 7) is 0. The number of hydrogen-bond donors (Lipinski definition) is 0. The summed E-state index contributed by atoms with van der Waals surface area (Å²) in [5, 5.41) is 0. The third-order valence-electron chi connectivity index (χ3n) is 3.55. The Balaban J connectivity index is 0.000000161. The monoisotopic (exact) mass is 528 g/mol. The van der Waals surface area contributed by atoms with Gasteiger partial charge in [-0.05, 0) is 60.7 Å². The molecule has 0 spiro atoms. The molecule has 28 heavy (non-hydrogen) atoms. The summed E-state index contributed by atoms with van der Waals surface area (Å²) in [6.07, 6.45) is 0. The molecule has 4 rings (SSSR count). The van der Waals surface area contributed by atoms with E-state index in [-0.39, 0.29) is 0 Å². The maximum absolute atomic E-state index is 3.46. The van der Waals surface area contributed by atoms with Crippen molar-refractivity contribution < 1.29 is 0 Å². The highest BCUT2D eigenvalue weighted by Crippen LogP contribution is 2.29. The first kappa shape index (κ1) is 21.3. The number of hydrogen-bond acceptors (Lipinski definition) is 2. The van der Waals surface area contributed by atoms with E-state index >= 15 is 0 Å². The summed E-state index contributed by atoms with van der Waals surface area (Å²) in [5.41, 5.74) is 0. The van der Waals surface area contributed by atoms with Crippen LogP contribution in [0, 0.1) is 0 Å². The zero-order chi connectivity index (χ0) is 19.6. The van der Waals surface area contributed by atoms with E-state index in [1.54, 1.807) is 23.5 Å². The quantitative estimate of drug-likeness (QED) is 0.258. The average molecular weight is 530 g/mol. The second-order valence-corrected chi connectivity index (χ2v) is 9.87. The van der Waals surface area contributed by atoms with Crippen molar-refractivity contribution in [3.8, 4) is 0 Å². The third kappa shape index (κ3) is 7.51. The molecular formula is C24H18Br2S2. The van der Waals surface area contributed by atoms with Crippen LogP contribution in [-0.4, -0.2) is 0 Å². The Bertz CT molecular complexity index is 906. The van der Waals surface area contributed by atoms with Crippen LogP contribution in [0.3, 0.4) is 0 Å². The predicted molar refractivity (Wildman–Crippen MR) is 129 cm³/mol. The Morgan fingerprint density at radius 2 is 0.750 bits per heavy atom. The van der Waals surface area contributed by atoms with Crippen molar-refractivity contribution in [3.05, 3.63) is 118 Å². The Labute approximate surface area is 192 Å². The molecule has 0 aromatic heterocycles. The minimum absolute atomic E-state index is 1.12. The average Bonchev–Trinajstić information content (AvgIpc) is 2.70. The van der Waals surface area contributed by atoms with E-state index in [1.165, 1.54) is 19.6 Å². The van der Waals surface area contributed by atoms with Crippen LogP contribution in [0.1, 0.15) is 0 Å². The number of rotatable bonds is 4. The van der Waals surface area contributed by atoms with Crippen LogP contribution in [0.15, 0.2) is 138 Å². The van der Waals surface area contributed by atoms with Crippen LogP contribution in [0.25, 0.3) is 0 Å². The zero-order valence-corrected chi connectivity index (χ0v) is 19.8. The van der Waals surface area contributed by atoms with Crippen LogP contribution in [0.4, 0.5) is 0 Å². The van der Waals surface area contributed by atoms with Gasteiger partial charge in [-0.3, -0.25) is 0 Å². The molecule has 0 unspecified atom stereocenters. The fourth-order valence-electron chi connectivity index (χ4n) is 2.31. The molecule has 140 valence electrons. The van der Waals surface area contributed by atoms with Crippen molar-refractivity contribution in [1.29, 1.82) is 0 Å². The largest absolute Gasteiger partial charge is 0.0901 e. The smallest absolute Gasteiger partial charge is 0.0186 e. The lowest BCUT2D eigenvalue weighted by Gasteiger charge is -2.01. The Morgan fingerprint density at radius 1 is 0.393 bits per heavy atom. The van der Waals surface area contributed by atoms with Crippen molar-refractivity contribution in [2.24, 2.45) is 0 Å². The molecule has 0 heterocycles. The SMILES string of the molecule is Brc1cccc(Sc2ccccc2)c1.Brc1cccc(Sc2ccccc2)c1. The van der Waals surface area contributed by atoms with E-state index in [2.05, 4.69) is 117 Å². The molecule has 0 N–H and O–H groups in total. The molecule has 0 fully saturated rings. The minimum Gasteiger partial charge on any atom is -0.0901 e. The molecule has 0 saturated carbocycles. The maximum atomic E-state index is 3.46. The van der Waals surface area contributed by atoms with E-state index < -0.39 is 0 Å². The molecule has 0 saturated heterocycles. The fraction of sp³-hybridized carbons (Fsp3) is 0. The van der Waals surface area contributed by atoms with Gasteiger partial charge < -0.3 is 0 Å². The lowest BCUT2D eigenvalue weighted by Crippen LogP contribution is -1.72. The summed E-state index contributed by atoms with van der Waals surface area (Å²) in [4.78, 5) is 5.05. The summed E-state index contributed by atoms with van der Waals surface area (Å²) in [6, 6.07) is 37.4. The molecule has 0 bridgehead atoms. The lowest BCUT2D eigenvalue weighted by atomic mass is 10.4. The van der Waals surface area contributed by atoms with Gasteiger partial charge in [-0.1, -0.05) is 104 Å². The van der Waals surface area contributed by atoms with Gasteiger partial charge in [-0.15, -0.1) is 0 Å². The summed E-state index contributed by atoms with van der Waals surface area (Å²) in [7, 11) is 0. The van der Waals surface area contributed by atoms with Crippen LogP contribution < -0.4 is 0 Å². The molecule has 0 aliphatic carbocycles. The van der Waals surface area contributed by atoms with Gasteiger partial charge >= 0.3 is 0 Å². The molecular weight excluding hydrogens is 512 g/mol. The van der Waals surface area contributed by atoms with Gasteiger partial charge in [0.15, 0.2) is 0 Å². The van der Waals surface area contributed by atoms with Gasteiger partial charge in [-0.2, -0.15) is 0 Å². The molecule has 4 aromatic carbocycles. The highest BCUT2D eigenvalue weighted by atomic mass is 79.9. The van der Waals surface area contributed by atoms with Crippen LogP contribution >= 0.6 is 55.4 Å². The van der Waals surface area contributed by atoms with E-state index in [1.807, 2.05) is 24.3 Å². The number of benzene rings is 4. The summed E-state index contributed by atoms with van der Waals surface area (Å²) in [5.74, 6) is 0. The molecule has 0 amide bonds. The standard InChI is InChI=1S/2C12H9BrS/c2*13-10-5-4-8-12(9-10)14-11-6-2-1-3-7-11/h2*1-9H. The summed E-state index contributed by atoms with van der Waals surface area (Å²) < 4.78 is 2.25. The first-order chi connectivity index (χ1) is 13.7. The second-order valence-electron chi connectivity index (χ2n) is 5.74. The third-order valence-corrected chi connectivity index (χ3v) is 6.53. The van der Waals surface area contributed by atoms with E-state index in [0.717, 1.165) is 8.95 Å². The molecule has 0 atom stereocenters. The predicted octanol–water partition coefficient (Wildman–Crippen LogP) is 9.20. The topological polar surface area (TPSA) is 0 Å². The van der Waals surface area contributed by atoms with Crippen molar-refractivity contribution in [1.82, 2.24) is 0 Å². The van der Waals surface area contributed by atoms with Gasteiger partial charge in [0.05, 0.1) is 0 Å². The van der Waals surface area contributed by atoms with Crippen molar-refractivity contribution in [3.63, 3.8) is 0 Å². The lowest BCUT2D eigenvalue weighted by molar-refractivity contribution is 1.39. The van der Waals surface area contributed by atoms with Crippen LogP contribution in [0.5, 0.6) is 0 Å². The van der Waals surface area contributed by atoms with Crippen molar-refractivity contribution >= 4 is 55.4 Å². The van der Waals surface area contributed by atoms with Crippen molar-refractivity contribution in [2.45, 2.75) is 19.6 Å². The van der Waals surface area contributed by atoms with Gasteiger partial charge in [-0.25, -0.2) is 0 Å². The first-order valence-corrected chi connectivity index (χ1v) is 11.9. The molecule has 4 heteroatoms. The molecule has 0 aliphatic heterocycles. The van der Waals surface area contributed by atoms with E-state index in [9.17, 15) is 0 Å².